The van der Waals surface area contributed by atoms with Gasteiger partial charge in [0.15, 0.2) is 5.01 Å². The molecule has 0 unspecified atom stereocenters. The third kappa shape index (κ3) is 3.82. The van der Waals surface area contributed by atoms with E-state index in [0.717, 1.165) is 35.7 Å². The highest BCUT2D eigenvalue weighted by atomic mass is 32.1. The first-order valence-electron chi connectivity index (χ1n) is 7.70. The van der Waals surface area contributed by atoms with Crippen molar-refractivity contribution in [2.24, 2.45) is 0 Å². The zero-order valence-corrected chi connectivity index (χ0v) is 15.1. The number of aryl methyl sites for hydroxylation is 2. The Hall–Kier alpha value is -2.19. The molecule has 0 spiro atoms. The van der Waals surface area contributed by atoms with E-state index in [1.165, 1.54) is 22.7 Å². The summed E-state index contributed by atoms with van der Waals surface area (Å²) < 4.78 is 0. The lowest BCUT2D eigenvalue weighted by Gasteiger charge is -1.98. The molecule has 1 amide bonds. The number of hydrogen-bond acceptors (Lipinski definition) is 7. The second-order valence-electron chi connectivity index (χ2n) is 5.21. The SMILES string of the molecule is CCCCc1nc(C)c(C(=O)Nc2nnc(-c3ccccn3)s2)s1. The van der Waals surface area contributed by atoms with Crippen molar-refractivity contribution in [1.29, 1.82) is 0 Å². The second-order valence-corrected chi connectivity index (χ2v) is 7.27. The van der Waals surface area contributed by atoms with E-state index in [4.69, 9.17) is 0 Å². The second kappa shape index (κ2) is 7.59. The first-order valence-corrected chi connectivity index (χ1v) is 9.33. The summed E-state index contributed by atoms with van der Waals surface area (Å²) in [6.45, 7) is 4.00. The van der Waals surface area contributed by atoms with Crippen molar-refractivity contribution < 1.29 is 4.79 Å². The van der Waals surface area contributed by atoms with Gasteiger partial charge >= 0.3 is 0 Å². The first-order chi connectivity index (χ1) is 11.7. The predicted molar refractivity (Wildman–Crippen MR) is 96.6 cm³/mol. The van der Waals surface area contributed by atoms with Crippen LogP contribution in [0.2, 0.25) is 0 Å². The zero-order chi connectivity index (χ0) is 16.9. The van der Waals surface area contributed by atoms with Crippen LogP contribution in [0.15, 0.2) is 24.4 Å². The van der Waals surface area contributed by atoms with Crippen molar-refractivity contribution in [3.8, 4) is 10.7 Å². The summed E-state index contributed by atoms with van der Waals surface area (Å²) in [4.78, 5) is 21.8. The van der Waals surface area contributed by atoms with E-state index < -0.39 is 0 Å². The lowest BCUT2D eigenvalue weighted by atomic mass is 10.3. The maximum Gasteiger partial charge on any atom is 0.269 e. The Morgan fingerprint density at radius 2 is 2.12 bits per heavy atom. The Morgan fingerprint density at radius 1 is 1.25 bits per heavy atom. The van der Waals surface area contributed by atoms with Crippen LogP contribution < -0.4 is 5.32 Å². The number of thiazole rings is 1. The van der Waals surface area contributed by atoms with Crippen molar-refractivity contribution in [3.05, 3.63) is 40.0 Å². The molecule has 3 rings (SSSR count). The summed E-state index contributed by atoms with van der Waals surface area (Å²) >= 11 is 2.75. The quantitative estimate of drug-likeness (QED) is 0.720. The van der Waals surface area contributed by atoms with E-state index in [2.05, 4.69) is 32.4 Å². The van der Waals surface area contributed by atoms with Crippen LogP contribution in [0.5, 0.6) is 0 Å². The summed E-state index contributed by atoms with van der Waals surface area (Å²) in [7, 11) is 0. The summed E-state index contributed by atoms with van der Waals surface area (Å²) in [5, 5.41) is 13.1. The molecule has 0 saturated heterocycles. The Labute approximate surface area is 148 Å². The van der Waals surface area contributed by atoms with Gasteiger partial charge in [0.1, 0.15) is 10.6 Å². The van der Waals surface area contributed by atoms with Gasteiger partial charge in [0.05, 0.1) is 10.7 Å². The van der Waals surface area contributed by atoms with Crippen LogP contribution in [-0.4, -0.2) is 26.1 Å². The average molecular weight is 359 g/mol. The lowest BCUT2D eigenvalue weighted by molar-refractivity contribution is 0.102. The van der Waals surface area contributed by atoms with Crippen molar-refractivity contribution in [2.45, 2.75) is 33.1 Å². The normalized spacial score (nSPS) is 10.8. The Morgan fingerprint density at radius 3 is 2.88 bits per heavy atom. The third-order valence-electron chi connectivity index (χ3n) is 3.32. The minimum Gasteiger partial charge on any atom is -0.296 e. The molecule has 3 aromatic rings. The van der Waals surface area contributed by atoms with Gasteiger partial charge in [-0.1, -0.05) is 30.7 Å². The fraction of sp³-hybridized carbons (Fsp3) is 0.312. The van der Waals surface area contributed by atoms with Crippen molar-refractivity contribution in [2.75, 3.05) is 5.32 Å². The molecule has 24 heavy (non-hydrogen) atoms. The maximum absolute atomic E-state index is 12.5. The minimum absolute atomic E-state index is 0.184. The van der Waals surface area contributed by atoms with Crippen LogP contribution in [-0.2, 0) is 6.42 Å². The highest BCUT2D eigenvalue weighted by molar-refractivity contribution is 7.18. The molecule has 0 aliphatic carbocycles. The van der Waals surface area contributed by atoms with Crippen LogP contribution in [0, 0.1) is 6.92 Å². The van der Waals surface area contributed by atoms with Gasteiger partial charge in [0.25, 0.3) is 5.91 Å². The molecule has 1 N–H and O–H groups in total. The number of unbranched alkanes of at least 4 members (excludes halogenated alkanes) is 1. The molecule has 6 nitrogen and oxygen atoms in total. The number of carbonyl (C=O) groups is 1. The fourth-order valence-corrected chi connectivity index (χ4v) is 3.84. The number of nitrogens with zero attached hydrogens (tertiary/aromatic N) is 4. The molecule has 124 valence electrons. The number of anilines is 1. The molecule has 0 bridgehead atoms. The van der Waals surface area contributed by atoms with E-state index in [1.54, 1.807) is 6.20 Å². The van der Waals surface area contributed by atoms with Crippen LogP contribution in [0.25, 0.3) is 10.7 Å². The van der Waals surface area contributed by atoms with Crippen LogP contribution in [0.3, 0.4) is 0 Å². The number of amides is 1. The molecule has 0 aliphatic rings. The van der Waals surface area contributed by atoms with E-state index in [0.29, 0.717) is 15.0 Å². The first kappa shape index (κ1) is 16.7. The Bertz CT molecular complexity index is 828. The molecule has 3 heterocycles. The Kier molecular flexibility index (Phi) is 5.27. The van der Waals surface area contributed by atoms with E-state index >= 15 is 0 Å². The predicted octanol–water partition coefficient (Wildman–Crippen LogP) is 3.96. The van der Waals surface area contributed by atoms with Gasteiger partial charge < -0.3 is 0 Å². The number of rotatable bonds is 6. The van der Waals surface area contributed by atoms with Crippen LogP contribution in [0.4, 0.5) is 5.13 Å². The number of pyridine rings is 1. The zero-order valence-electron chi connectivity index (χ0n) is 13.4. The summed E-state index contributed by atoms with van der Waals surface area (Å²) in [5.74, 6) is -0.184. The maximum atomic E-state index is 12.5. The largest absolute Gasteiger partial charge is 0.296 e. The van der Waals surface area contributed by atoms with Gasteiger partial charge in [0.2, 0.25) is 5.13 Å². The van der Waals surface area contributed by atoms with Gasteiger partial charge in [-0.2, -0.15) is 0 Å². The van der Waals surface area contributed by atoms with E-state index in [-0.39, 0.29) is 5.91 Å². The fourth-order valence-electron chi connectivity index (χ4n) is 2.12. The van der Waals surface area contributed by atoms with Gasteiger partial charge in [-0.25, -0.2) is 4.98 Å². The van der Waals surface area contributed by atoms with Crippen LogP contribution in [0.1, 0.15) is 40.1 Å². The highest BCUT2D eigenvalue weighted by Gasteiger charge is 2.17. The van der Waals surface area contributed by atoms with Gasteiger partial charge in [-0.3, -0.25) is 15.1 Å². The van der Waals surface area contributed by atoms with Crippen LogP contribution >= 0.6 is 22.7 Å². The number of hydrogen-bond donors (Lipinski definition) is 1. The monoisotopic (exact) mass is 359 g/mol. The summed E-state index contributed by atoms with van der Waals surface area (Å²) in [5.41, 5.74) is 1.50. The number of carbonyl (C=O) groups excluding carboxylic acids is 1. The van der Waals surface area contributed by atoms with Crippen molar-refractivity contribution in [1.82, 2.24) is 20.2 Å². The third-order valence-corrected chi connectivity index (χ3v) is 5.40. The van der Waals surface area contributed by atoms with Gasteiger partial charge in [-0.05, 0) is 31.9 Å². The number of nitrogens with one attached hydrogen (secondary N) is 1. The van der Waals surface area contributed by atoms with E-state index in [9.17, 15) is 4.79 Å². The summed E-state index contributed by atoms with van der Waals surface area (Å²) in [6.07, 6.45) is 4.81. The van der Waals surface area contributed by atoms with Gasteiger partial charge in [0, 0.05) is 6.20 Å². The highest BCUT2D eigenvalue weighted by Crippen LogP contribution is 2.26. The minimum atomic E-state index is -0.184. The molecule has 0 atom stereocenters. The van der Waals surface area contributed by atoms with E-state index in [1.807, 2.05) is 25.1 Å². The van der Waals surface area contributed by atoms with Crippen molar-refractivity contribution in [3.63, 3.8) is 0 Å². The number of aromatic nitrogens is 4. The van der Waals surface area contributed by atoms with Gasteiger partial charge in [-0.15, -0.1) is 21.5 Å². The Balaban J connectivity index is 1.71. The van der Waals surface area contributed by atoms with Crippen molar-refractivity contribution >= 4 is 33.7 Å². The lowest BCUT2D eigenvalue weighted by Crippen LogP contribution is -2.11. The standard InChI is InChI=1S/C16H17N5OS2/c1-3-4-8-12-18-10(2)13(23-12)14(22)19-16-21-20-15(24-16)11-7-5-6-9-17-11/h5-7,9H,3-4,8H2,1-2H3,(H,19,21,22). The molecule has 0 aliphatic heterocycles. The topological polar surface area (TPSA) is 80.7 Å². The molecule has 0 fully saturated rings. The molecular formula is C16H17N5OS2. The molecular weight excluding hydrogens is 342 g/mol. The molecule has 0 aromatic carbocycles. The average Bonchev–Trinajstić information content (AvgIpc) is 3.20. The molecule has 8 heteroatoms. The smallest absolute Gasteiger partial charge is 0.269 e. The summed E-state index contributed by atoms with van der Waals surface area (Å²) in [6, 6.07) is 5.59. The molecule has 3 aromatic heterocycles. The molecule has 0 saturated carbocycles. The molecule has 0 radical (unpaired) electrons.